The predicted octanol–water partition coefficient (Wildman–Crippen LogP) is 3.98. The van der Waals surface area contributed by atoms with Crippen LogP contribution in [0.2, 0.25) is 0 Å². The van der Waals surface area contributed by atoms with E-state index >= 15 is 0 Å². The summed E-state index contributed by atoms with van der Waals surface area (Å²) in [6.45, 7) is 3.16. The molecule has 0 amide bonds. The van der Waals surface area contributed by atoms with Crippen molar-refractivity contribution >= 4 is 11.9 Å². The molecule has 0 aliphatic rings. The SMILES string of the molecule is COc1ccc(C=CC(=O)c2cc(C)ccc2OCCN(C)C)cc1F. The monoisotopic (exact) mass is 357 g/mol. The van der Waals surface area contributed by atoms with Gasteiger partial charge >= 0.3 is 0 Å². The van der Waals surface area contributed by atoms with Crippen LogP contribution in [0.5, 0.6) is 11.5 Å². The number of likely N-dealkylation sites (N-methyl/N-ethyl adjacent to an activating group) is 1. The van der Waals surface area contributed by atoms with E-state index in [1.807, 2.05) is 32.0 Å². The average Bonchev–Trinajstić information content (AvgIpc) is 2.60. The Hall–Kier alpha value is -2.66. The van der Waals surface area contributed by atoms with Gasteiger partial charge in [-0.05, 0) is 56.9 Å². The maximum atomic E-state index is 13.8. The number of aryl methyl sites for hydroxylation is 1. The van der Waals surface area contributed by atoms with Crippen molar-refractivity contribution in [3.8, 4) is 11.5 Å². The molecule has 4 nitrogen and oxygen atoms in total. The number of hydrogen-bond donors (Lipinski definition) is 0. The van der Waals surface area contributed by atoms with Crippen LogP contribution >= 0.6 is 0 Å². The minimum atomic E-state index is -0.467. The summed E-state index contributed by atoms with van der Waals surface area (Å²) in [6, 6.07) is 10.1. The molecule has 26 heavy (non-hydrogen) atoms. The van der Waals surface area contributed by atoms with Crippen LogP contribution in [0.3, 0.4) is 0 Å². The molecule has 138 valence electrons. The van der Waals surface area contributed by atoms with Crippen molar-refractivity contribution in [1.29, 1.82) is 0 Å². The fraction of sp³-hybridized carbons (Fsp3) is 0.286. The van der Waals surface area contributed by atoms with Gasteiger partial charge in [-0.2, -0.15) is 0 Å². The maximum Gasteiger partial charge on any atom is 0.189 e. The molecule has 0 bridgehead atoms. The van der Waals surface area contributed by atoms with E-state index in [2.05, 4.69) is 0 Å². The molecule has 0 spiro atoms. The number of ketones is 1. The molecule has 0 unspecified atom stereocenters. The summed E-state index contributed by atoms with van der Waals surface area (Å²) in [5.41, 5.74) is 2.05. The second kappa shape index (κ2) is 9.15. The zero-order valence-electron chi connectivity index (χ0n) is 15.6. The highest BCUT2D eigenvalue weighted by atomic mass is 19.1. The molecule has 2 aromatic rings. The van der Waals surface area contributed by atoms with E-state index in [4.69, 9.17) is 9.47 Å². The molecule has 0 saturated heterocycles. The van der Waals surface area contributed by atoms with E-state index in [0.717, 1.165) is 12.1 Å². The average molecular weight is 357 g/mol. The Kier molecular flexibility index (Phi) is 6.92. The van der Waals surface area contributed by atoms with E-state index in [1.54, 1.807) is 24.3 Å². The fourth-order valence-corrected chi connectivity index (χ4v) is 2.35. The molecule has 0 saturated carbocycles. The summed E-state index contributed by atoms with van der Waals surface area (Å²) in [4.78, 5) is 14.6. The van der Waals surface area contributed by atoms with Crippen molar-refractivity contribution in [2.75, 3.05) is 34.4 Å². The van der Waals surface area contributed by atoms with E-state index in [9.17, 15) is 9.18 Å². The van der Waals surface area contributed by atoms with Crippen LogP contribution in [0.1, 0.15) is 21.5 Å². The summed E-state index contributed by atoms with van der Waals surface area (Å²) in [7, 11) is 5.33. The van der Waals surface area contributed by atoms with Crippen LogP contribution in [-0.4, -0.2) is 45.0 Å². The summed E-state index contributed by atoms with van der Waals surface area (Å²) in [5, 5.41) is 0. The van der Waals surface area contributed by atoms with Crippen molar-refractivity contribution in [2.24, 2.45) is 0 Å². The Morgan fingerprint density at radius 1 is 1.15 bits per heavy atom. The van der Waals surface area contributed by atoms with Gasteiger partial charge < -0.3 is 14.4 Å². The van der Waals surface area contributed by atoms with E-state index < -0.39 is 5.82 Å². The first-order chi connectivity index (χ1) is 12.4. The molecule has 0 heterocycles. The normalized spacial score (nSPS) is 11.2. The van der Waals surface area contributed by atoms with Gasteiger partial charge in [0.05, 0.1) is 12.7 Å². The van der Waals surface area contributed by atoms with Crippen LogP contribution in [0.25, 0.3) is 6.08 Å². The van der Waals surface area contributed by atoms with Crippen molar-refractivity contribution in [3.63, 3.8) is 0 Å². The van der Waals surface area contributed by atoms with Gasteiger partial charge in [-0.1, -0.05) is 23.8 Å². The highest BCUT2D eigenvalue weighted by Crippen LogP contribution is 2.22. The lowest BCUT2D eigenvalue weighted by Gasteiger charge is -2.13. The van der Waals surface area contributed by atoms with Gasteiger partial charge in [-0.25, -0.2) is 4.39 Å². The summed E-state index contributed by atoms with van der Waals surface area (Å²) in [6.07, 6.45) is 3.01. The van der Waals surface area contributed by atoms with Gasteiger partial charge in [0.1, 0.15) is 12.4 Å². The van der Waals surface area contributed by atoms with Gasteiger partial charge in [-0.3, -0.25) is 4.79 Å². The van der Waals surface area contributed by atoms with E-state index in [0.29, 0.717) is 23.5 Å². The van der Waals surface area contributed by atoms with Crippen LogP contribution in [-0.2, 0) is 0 Å². The number of allylic oxidation sites excluding steroid dienone is 1. The van der Waals surface area contributed by atoms with Gasteiger partial charge in [0.15, 0.2) is 17.3 Å². The summed E-state index contributed by atoms with van der Waals surface area (Å²) in [5.74, 6) is 0.0619. The Bertz CT molecular complexity index is 800. The van der Waals surface area contributed by atoms with Crippen LogP contribution < -0.4 is 9.47 Å². The molecule has 0 radical (unpaired) electrons. The van der Waals surface area contributed by atoms with E-state index in [-0.39, 0.29) is 11.5 Å². The number of nitrogens with zero attached hydrogens (tertiary/aromatic N) is 1. The van der Waals surface area contributed by atoms with Gasteiger partial charge in [0.2, 0.25) is 0 Å². The van der Waals surface area contributed by atoms with Crippen molar-refractivity contribution in [3.05, 3.63) is 65.0 Å². The van der Waals surface area contributed by atoms with Crippen LogP contribution in [0.15, 0.2) is 42.5 Å². The first-order valence-electron chi connectivity index (χ1n) is 8.35. The molecule has 0 N–H and O–H groups in total. The molecular formula is C21H24FNO3. The first kappa shape index (κ1) is 19.7. The predicted molar refractivity (Wildman–Crippen MR) is 102 cm³/mol. The van der Waals surface area contributed by atoms with Crippen molar-refractivity contribution in [2.45, 2.75) is 6.92 Å². The molecule has 0 fully saturated rings. The number of ether oxygens (including phenoxy) is 2. The maximum absolute atomic E-state index is 13.8. The molecule has 2 rings (SSSR count). The molecule has 0 atom stereocenters. The third-order valence-corrected chi connectivity index (χ3v) is 3.80. The Balaban J connectivity index is 2.17. The number of methoxy groups -OCH3 is 1. The second-order valence-electron chi connectivity index (χ2n) is 6.24. The fourth-order valence-electron chi connectivity index (χ4n) is 2.35. The number of hydrogen-bond acceptors (Lipinski definition) is 4. The largest absolute Gasteiger partial charge is 0.494 e. The zero-order chi connectivity index (χ0) is 19.1. The van der Waals surface area contributed by atoms with Gasteiger partial charge in [0, 0.05) is 6.54 Å². The molecule has 0 aliphatic heterocycles. The number of rotatable bonds is 8. The van der Waals surface area contributed by atoms with Crippen molar-refractivity contribution < 1.29 is 18.7 Å². The first-order valence-corrected chi connectivity index (χ1v) is 8.35. The lowest BCUT2D eigenvalue weighted by Crippen LogP contribution is -2.20. The third kappa shape index (κ3) is 5.43. The number of halogens is 1. The van der Waals surface area contributed by atoms with Crippen LogP contribution in [0.4, 0.5) is 4.39 Å². The quantitative estimate of drug-likeness (QED) is 0.529. The number of benzene rings is 2. The Morgan fingerprint density at radius 3 is 2.54 bits per heavy atom. The molecular weight excluding hydrogens is 333 g/mol. The van der Waals surface area contributed by atoms with Gasteiger partial charge in [-0.15, -0.1) is 0 Å². The third-order valence-electron chi connectivity index (χ3n) is 3.80. The van der Waals surface area contributed by atoms with Crippen LogP contribution in [0, 0.1) is 12.7 Å². The highest BCUT2D eigenvalue weighted by molar-refractivity contribution is 6.08. The Labute approximate surface area is 153 Å². The number of carbonyl (C=O) groups excluding carboxylic acids is 1. The highest BCUT2D eigenvalue weighted by Gasteiger charge is 2.11. The smallest absolute Gasteiger partial charge is 0.189 e. The standard InChI is InChI=1S/C21H24FNO3/c1-15-5-9-20(26-12-11-23(2)3)17(13-15)19(24)8-6-16-7-10-21(25-4)18(22)14-16/h5-10,13-14H,11-12H2,1-4H3. The molecule has 2 aromatic carbocycles. The molecule has 5 heteroatoms. The van der Waals surface area contributed by atoms with Gasteiger partial charge in [0.25, 0.3) is 0 Å². The minimum Gasteiger partial charge on any atom is -0.494 e. The minimum absolute atomic E-state index is 0.170. The summed E-state index contributed by atoms with van der Waals surface area (Å²) >= 11 is 0. The van der Waals surface area contributed by atoms with E-state index in [1.165, 1.54) is 25.3 Å². The summed E-state index contributed by atoms with van der Waals surface area (Å²) < 4.78 is 24.4. The lowest BCUT2D eigenvalue weighted by molar-refractivity contribution is 0.104. The topological polar surface area (TPSA) is 38.8 Å². The Morgan fingerprint density at radius 2 is 1.88 bits per heavy atom. The number of carbonyl (C=O) groups is 1. The van der Waals surface area contributed by atoms with Crippen molar-refractivity contribution in [1.82, 2.24) is 4.90 Å². The lowest BCUT2D eigenvalue weighted by atomic mass is 10.1. The molecule has 0 aromatic heterocycles. The second-order valence-corrected chi connectivity index (χ2v) is 6.24. The zero-order valence-corrected chi connectivity index (χ0v) is 15.6. The molecule has 0 aliphatic carbocycles.